The number of carbonyl (C=O) groups is 1. The molecule has 0 aliphatic carbocycles. The van der Waals surface area contributed by atoms with Gasteiger partial charge in [0.15, 0.2) is 10.9 Å². The number of hydrogen-bond acceptors (Lipinski definition) is 6. The Kier molecular flexibility index (Phi) is 6.65. The van der Waals surface area contributed by atoms with Crippen LogP contribution in [0.5, 0.6) is 5.75 Å². The number of amides is 1. The van der Waals surface area contributed by atoms with Crippen molar-refractivity contribution < 1.29 is 22.7 Å². The molecule has 10 heteroatoms. The van der Waals surface area contributed by atoms with Crippen LogP contribution in [0.2, 0.25) is 0 Å². The molecule has 1 aromatic heterocycles. The summed E-state index contributed by atoms with van der Waals surface area (Å²) in [5.41, 5.74) is -0.832. The van der Waals surface area contributed by atoms with E-state index in [0.717, 1.165) is 22.2 Å². The molecule has 0 spiro atoms. The minimum absolute atomic E-state index is 0.0320. The minimum atomic E-state index is -4.46. The fourth-order valence-corrected chi connectivity index (χ4v) is 3.37. The van der Waals surface area contributed by atoms with Gasteiger partial charge in [0.25, 0.3) is 5.91 Å². The third-order valence-electron chi connectivity index (χ3n) is 2.72. The highest BCUT2D eigenvalue weighted by molar-refractivity contribution is 8.01. The highest BCUT2D eigenvalue weighted by atomic mass is 32.2. The smallest absolute Gasteiger partial charge is 0.416 e. The van der Waals surface area contributed by atoms with Crippen LogP contribution in [0.3, 0.4) is 0 Å². The van der Waals surface area contributed by atoms with E-state index in [1.54, 1.807) is 11.8 Å². The topological polar surface area (TPSA) is 64.1 Å². The molecule has 0 atom stereocenters. The maximum absolute atomic E-state index is 12.6. The number of nitrogens with one attached hydrogen (secondary N) is 1. The number of rotatable bonds is 7. The number of thioether (sulfide) groups is 1. The summed E-state index contributed by atoms with van der Waals surface area (Å²) in [5, 5.41) is 10.6. The van der Waals surface area contributed by atoms with Gasteiger partial charge in [0.1, 0.15) is 5.75 Å². The van der Waals surface area contributed by atoms with Crippen molar-refractivity contribution in [3.63, 3.8) is 0 Å². The van der Waals surface area contributed by atoms with E-state index in [2.05, 4.69) is 29.4 Å². The predicted octanol–water partition coefficient (Wildman–Crippen LogP) is 4.32. The Labute approximate surface area is 151 Å². The summed E-state index contributed by atoms with van der Waals surface area (Å²) in [4.78, 5) is 11.8. The summed E-state index contributed by atoms with van der Waals surface area (Å²) >= 11 is 2.78. The molecule has 1 heterocycles. The molecule has 1 N–H and O–H groups in total. The summed E-state index contributed by atoms with van der Waals surface area (Å²) in [6.07, 6.45) is -4.46. The lowest BCUT2D eigenvalue weighted by molar-refractivity contribution is -0.137. The SMILES string of the molecule is CC(C)CSc1nnc(NC(=O)COc2cccc(C(F)(F)F)c2)s1. The molecule has 0 aliphatic heterocycles. The van der Waals surface area contributed by atoms with E-state index in [4.69, 9.17) is 4.74 Å². The van der Waals surface area contributed by atoms with E-state index in [1.807, 2.05) is 0 Å². The van der Waals surface area contributed by atoms with Crippen LogP contribution in [0.4, 0.5) is 18.3 Å². The van der Waals surface area contributed by atoms with Gasteiger partial charge >= 0.3 is 6.18 Å². The number of alkyl halides is 3. The zero-order chi connectivity index (χ0) is 18.4. The van der Waals surface area contributed by atoms with Gasteiger partial charge in [-0.05, 0) is 24.1 Å². The van der Waals surface area contributed by atoms with Gasteiger partial charge in [0.2, 0.25) is 5.13 Å². The highest BCUT2D eigenvalue weighted by Crippen LogP contribution is 2.31. The van der Waals surface area contributed by atoms with Gasteiger partial charge in [-0.25, -0.2) is 0 Å². The van der Waals surface area contributed by atoms with Crippen molar-refractivity contribution >= 4 is 34.1 Å². The van der Waals surface area contributed by atoms with Crippen molar-refractivity contribution in [1.82, 2.24) is 10.2 Å². The maximum Gasteiger partial charge on any atom is 0.416 e. The molecule has 0 aliphatic rings. The molecule has 0 fully saturated rings. The van der Waals surface area contributed by atoms with Crippen LogP contribution in [0.1, 0.15) is 19.4 Å². The van der Waals surface area contributed by atoms with Gasteiger partial charge in [-0.3, -0.25) is 10.1 Å². The number of aromatic nitrogens is 2. The van der Waals surface area contributed by atoms with E-state index in [9.17, 15) is 18.0 Å². The van der Waals surface area contributed by atoms with E-state index in [1.165, 1.54) is 23.5 Å². The third kappa shape index (κ3) is 6.54. The zero-order valence-electron chi connectivity index (χ0n) is 13.5. The largest absolute Gasteiger partial charge is 0.484 e. The van der Waals surface area contributed by atoms with Crippen LogP contribution in [0.15, 0.2) is 28.6 Å². The van der Waals surface area contributed by atoms with E-state index < -0.39 is 24.3 Å². The molecule has 25 heavy (non-hydrogen) atoms. The van der Waals surface area contributed by atoms with Gasteiger partial charge in [-0.1, -0.05) is 43.0 Å². The van der Waals surface area contributed by atoms with Gasteiger partial charge in [0, 0.05) is 5.75 Å². The van der Waals surface area contributed by atoms with Crippen LogP contribution >= 0.6 is 23.1 Å². The Hall–Kier alpha value is -1.81. The molecule has 2 aromatic rings. The number of benzene rings is 1. The molecule has 0 saturated carbocycles. The van der Waals surface area contributed by atoms with Gasteiger partial charge in [-0.15, -0.1) is 10.2 Å². The molecule has 1 aromatic carbocycles. The molecule has 2 rings (SSSR count). The number of halogens is 3. The first-order valence-electron chi connectivity index (χ1n) is 7.30. The molecule has 136 valence electrons. The van der Waals surface area contributed by atoms with E-state index >= 15 is 0 Å². The first-order valence-corrected chi connectivity index (χ1v) is 9.10. The number of hydrogen-bond donors (Lipinski definition) is 1. The lowest BCUT2D eigenvalue weighted by Crippen LogP contribution is -2.20. The monoisotopic (exact) mass is 391 g/mol. The summed E-state index contributed by atoms with van der Waals surface area (Å²) < 4.78 is 43.7. The van der Waals surface area contributed by atoms with Crippen molar-refractivity contribution in [2.24, 2.45) is 5.92 Å². The van der Waals surface area contributed by atoms with Gasteiger partial charge in [0.05, 0.1) is 5.56 Å². The van der Waals surface area contributed by atoms with Crippen molar-refractivity contribution in [1.29, 1.82) is 0 Å². The van der Waals surface area contributed by atoms with Crippen LogP contribution in [0, 0.1) is 5.92 Å². The zero-order valence-corrected chi connectivity index (χ0v) is 15.1. The number of anilines is 1. The van der Waals surface area contributed by atoms with Crippen LogP contribution < -0.4 is 10.1 Å². The molecule has 0 unspecified atom stereocenters. The lowest BCUT2D eigenvalue weighted by Gasteiger charge is -2.09. The lowest BCUT2D eigenvalue weighted by atomic mass is 10.2. The first-order chi connectivity index (χ1) is 11.7. The van der Waals surface area contributed by atoms with Crippen molar-refractivity contribution in [2.75, 3.05) is 17.7 Å². The van der Waals surface area contributed by atoms with Gasteiger partial charge < -0.3 is 4.74 Å². The second-order valence-corrected chi connectivity index (χ2v) is 7.69. The second kappa shape index (κ2) is 8.52. The molecular weight excluding hydrogens is 375 g/mol. The molecule has 5 nitrogen and oxygen atoms in total. The normalized spacial score (nSPS) is 11.6. The predicted molar refractivity (Wildman–Crippen MR) is 91.0 cm³/mol. The summed E-state index contributed by atoms with van der Waals surface area (Å²) in [5.74, 6) is 0.846. The van der Waals surface area contributed by atoms with Crippen molar-refractivity contribution in [3.05, 3.63) is 29.8 Å². The number of nitrogens with zero attached hydrogens (tertiary/aromatic N) is 2. The fourth-order valence-electron chi connectivity index (χ4n) is 1.62. The highest BCUT2D eigenvalue weighted by Gasteiger charge is 2.30. The van der Waals surface area contributed by atoms with Crippen LogP contribution in [-0.4, -0.2) is 28.5 Å². The summed E-state index contributed by atoms with van der Waals surface area (Å²) in [7, 11) is 0. The average Bonchev–Trinajstić information content (AvgIpc) is 2.98. The maximum atomic E-state index is 12.6. The van der Waals surface area contributed by atoms with Gasteiger partial charge in [-0.2, -0.15) is 13.2 Å². The third-order valence-corrected chi connectivity index (χ3v) is 5.12. The van der Waals surface area contributed by atoms with Crippen molar-refractivity contribution in [3.8, 4) is 5.75 Å². The van der Waals surface area contributed by atoms with Crippen LogP contribution in [0.25, 0.3) is 0 Å². The number of carbonyl (C=O) groups excluding carboxylic acids is 1. The fraction of sp³-hybridized carbons (Fsp3) is 0.400. The van der Waals surface area contributed by atoms with Crippen LogP contribution in [-0.2, 0) is 11.0 Å². The summed E-state index contributed by atoms with van der Waals surface area (Å²) in [6.45, 7) is 3.75. The average molecular weight is 391 g/mol. The molecule has 1 amide bonds. The molecule has 0 radical (unpaired) electrons. The standard InChI is InChI=1S/C15H16F3N3O2S2/c1-9(2)8-24-14-21-20-13(25-14)19-12(22)7-23-11-5-3-4-10(6-11)15(16,17)18/h3-6,9H,7-8H2,1-2H3,(H,19,20,22). The van der Waals surface area contributed by atoms with E-state index in [0.29, 0.717) is 11.0 Å². The Balaban J connectivity index is 1.85. The number of ether oxygens (including phenoxy) is 1. The Bertz CT molecular complexity index is 720. The van der Waals surface area contributed by atoms with E-state index in [-0.39, 0.29) is 5.75 Å². The Morgan fingerprint density at radius 3 is 2.80 bits per heavy atom. The Morgan fingerprint density at radius 2 is 2.12 bits per heavy atom. The summed E-state index contributed by atoms with van der Waals surface area (Å²) in [6, 6.07) is 4.36. The Morgan fingerprint density at radius 1 is 1.36 bits per heavy atom. The second-order valence-electron chi connectivity index (χ2n) is 5.44. The first kappa shape index (κ1) is 19.5. The van der Waals surface area contributed by atoms with Crippen molar-refractivity contribution in [2.45, 2.75) is 24.4 Å². The minimum Gasteiger partial charge on any atom is -0.484 e. The molecule has 0 bridgehead atoms. The quantitative estimate of drug-likeness (QED) is 0.562. The molecule has 0 saturated heterocycles. The molecular formula is C15H16F3N3O2S2.